The molecule has 0 aromatic carbocycles. The fourth-order valence-electron chi connectivity index (χ4n) is 6.00. The van der Waals surface area contributed by atoms with Gasteiger partial charge in [-0.05, 0) is 33.1 Å². The highest BCUT2D eigenvalue weighted by Gasteiger charge is 2.51. The summed E-state index contributed by atoms with van der Waals surface area (Å²) in [7, 11) is -3.06. The maximum atomic E-state index is 12.7. The third-order valence-corrected chi connectivity index (χ3v) is 9.29. The van der Waals surface area contributed by atoms with E-state index in [-0.39, 0.29) is 18.5 Å². The number of unbranched alkanes of at least 4 members (excludes halogenated alkanes) is 15. The van der Waals surface area contributed by atoms with Crippen molar-refractivity contribution in [1.82, 2.24) is 14.9 Å². The average Bonchev–Trinajstić information content (AvgIpc) is 3.39. The highest BCUT2D eigenvalue weighted by molar-refractivity contribution is 7.32. The van der Waals surface area contributed by atoms with Gasteiger partial charge in [0.2, 0.25) is 0 Å². The first-order valence-corrected chi connectivity index (χ1v) is 19.7. The second-order valence-corrected chi connectivity index (χ2v) is 14.2. The molecule has 0 radical (unpaired) electrons. The van der Waals surface area contributed by atoms with Crippen LogP contribution in [0.3, 0.4) is 0 Å². The van der Waals surface area contributed by atoms with Crippen LogP contribution in [0.15, 0.2) is 21.9 Å². The molecule has 0 saturated carbocycles. The van der Waals surface area contributed by atoms with Crippen LogP contribution in [0.2, 0.25) is 0 Å². The number of aliphatic hydroxyl groups excluding tert-OH is 1. The first-order chi connectivity index (χ1) is 24.0. The summed E-state index contributed by atoms with van der Waals surface area (Å²) in [5.41, 5.74) is -2.64. The van der Waals surface area contributed by atoms with Gasteiger partial charge < -0.3 is 24.6 Å². The van der Waals surface area contributed by atoms with E-state index in [1.165, 1.54) is 70.4 Å². The largest absolute Gasteiger partial charge is 0.695 e. The van der Waals surface area contributed by atoms with E-state index in [0.29, 0.717) is 25.8 Å². The number of esters is 1. The lowest BCUT2D eigenvalue weighted by Gasteiger charge is -2.24. The van der Waals surface area contributed by atoms with E-state index in [1.807, 2.05) is 0 Å². The number of aromatic amines is 1. The molecule has 1 fully saturated rings. The Hall–Kier alpha value is -2.48. The molecule has 1 saturated heterocycles. The molecule has 1 aromatic rings. The number of nitrogens with zero attached hydrogens (tertiary/aromatic N) is 1. The van der Waals surface area contributed by atoms with Gasteiger partial charge in [-0.1, -0.05) is 96.8 Å². The lowest BCUT2D eigenvalue weighted by Crippen LogP contribution is -2.45. The minimum atomic E-state index is -3.06. The standard InChI is InChI=1S/C35H60N3O11P/c1-4-5-6-7-8-9-10-11-12-13-14-15-18-21-29(41)48-35(2,3)33(42)36-23-19-16-17-20-25-46-31-30(49-50(44)45)27(26-39)47-32(31)38-24-22-28(40)37-34(38)43/h22,24,27,30-32,39H,4-21,23,25-26H2,1-3H3,(H2-,36,37,40,42,43,44,45)/p+1/t27-,30?,31+,32-/m1/s1. The number of amides is 1. The monoisotopic (exact) mass is 730 g/mol. The molecule has 1 aliphatic heterocycles. The minimum absolute atomic E-state index is 0.192. The zero-order valence-electron chi connectivity index (χ0n) is 30.3. The van der Waals surface area contributed by atoms with Crippen molar-refractivity contribution in [1.29, 1.82) is 0 Å². The Balaban J connectivity index is 1.60. The molecule has 1 amide bonds. The Labute approximate surface area is 297 Å². The van der Waals surface area contributed by atoms with E-state index in [9.17, 15) is 33.7 Å². The summed E-state index contributed by atoms with van der Waals surface area (Å²) in [4.78, 5) is 60.4. The van der Waals surface area contributed by atoms with Crippen LogP contribution in [0.4, 0.5) is 0 Å². The van der Waals surface area contributed by atoms with E-state index in [0.717, 1.165) is 42.7 Å². The molecular formula is C35H61N3O11P+. The number of aliphatic hydroxyl groups is 1. The molecule has 286 valence electrons. The summed E-state index contributed by atoms with van der Waals surface area (Å²) in [5, 5.41) is 12.6. The van der Waals surface area contributed by atoms with E-state index < -0.39 is 56.3 Å². The molecule has 1 aliphatic rings. The minimum Gasteiger partial charge on any atom is -0.450 e. The van der Waals surface area contributed by atoms with Crippen molar-refractivity contribution >= 4 is 20.1 Å². The molecule has 0 bridgehead atoms. The number of carbonyl (C=O) groups is 2. The van der Waals surface area contributed by atoms with Crippen LogP contribution >= 0.6 is 8.25 Å². The molecule has 2 rings (SSSR count). The molecule has 0 spiro atoms. The lowest BCUT2D eigenvalue weighted by molar-refractivity contribution is -0.165. The van der Waals surface area contributed by atoms with Crippen molar-refractivity contribution in [3.8, 4) is 0 Å². The number of ether oxygens (including phenoxy) is 3. The SMILES string of the molecule is CCCCCCCCCCCCCCCC(=O)OC(C)(C)C(=O)NCCCCCCO[C@H]1C(O[P+](=O)O)[C@@H](CO)O[C@H]1n1ccc(=O)[nH]c1=O. The van der Waals surface area contributed by atoms with Gasteiger partial charge >= 0.3 is 19.9 Å². The highest BCUT2D eigenvalue weighted by Crippen LogP contribution is 2.37. The van der Waals surface area contributed by atoms with Crippen molar-refractivity contribution in [3.63, 3.8) is 0 Å². The molecule has 1 aromatic heterocycles. The van der Waals surface area contributed by atoms with Gasteiger partial charge in [-0.2, -0.15) is 0 Å². The van der Waals surface area contributed by atoms with Gasteiger partial charge in [-0.3, -0.25) is 23.9 Å². The average molecular weight is 731 g/mol. The summed E-state index contributed by atoms with van der Waals surface area (Å²) in [5.74, 6) is -0.714. The van der Waals surface area contributed by atoms with Gasteiger partial charge in [0.05, 0.1) is 6.61 Å². The number of aromatic nitrogens is 2. The Bertz CT molecular complexity index is 1250. The summed E-state index contributed by atoms with van der Waals surface area (Å²) < 4.78 is 34.7. The zero-order chi connectivity index (χ0) is 36.8. The molecule has 0 aliphatic carbocycles. The normalized spacial score (nSPS) is 19.4. The van der Waals surface area contributed by atoms with Crippen molar-refractivity contribution in [2.45, 2.75) is 166 Å². The van der Waals surface area contributed by atoms with Gasteiger partial charge in [0.1, 0.15) is 12.2 Å². The Morgan fingerprint density at radius 3 is 2.08 bits per heavy atom. The smallest absolute Gasteiger partial charge is 0.450 e. The fraction of sp³-hybridized carbons (Fsp3) is 0.829. The lowest BCUT2D eigenvalue weighted by atomic mass is 10.0. The van der Waals surface area contributed by atoms with Crippen LogP contribution in [-0.2, 0) is 32.9 Å². The van der Waals surface area contributed by atoms with Crippen LogP contribution in [0.1, 0.15) is 143 Å². The Morgan fingerprint density at radius 1 is 0.920 bits per heavy atom. The predicted molar refractivity (Wildman–Crippen MR) is 189 cm³/mol. The number of nitrogens with one attached hydrogen (secondary N) is 2. The molecule has 2 unspecified atom stereocenters. The zero-order valence-corrected chi connectivity index (χ0v) is 31.2. The Kier molecular flexibility index (Phi) is 21.5. The maximum Gasteiger partial charge on any atom is 0.695 e. The van der Waals surface area contributed by atoms with E-state index >= 15 is 0 Å². The van der Waals surface area contributed by atoms with Crippen molar-refractivity contribution in [3.05, 3.63) is 33.1 Å². The number of rotatable bonds is 28. The van der Waals surface area contributed by atoms with Gasteiger partial charge in [-0.15, -0.1) is 9.42 Å². The van der Waals surface area contributed by atoms with E-state index in [1.54, 1.807) is 13.8 Å². The highest BCUT2D eigenvalue weighted by atomic mass is 31.1. The number of H-pyrrole nitrogens is 1. The number of carbonyl (C=O) groups excluding carboxylic acids is 2. The van der Waals surface area contributed by atoms with E-state index in [2.05, 4.69) is 17.2 Å². The van der Waals surface area contributed by atoms with E-state index in [4.69, 9.17) is 18.7 Å². The maximum absolute atomic E-state index is 12.7. The number of hydrogen-bond donors (Lipinski definition) is 4. The summed E-state index contributed by atoms with van der Waals surface area (Å²) in [6.45, 7) is 5.47. The van der Waals surface area contributed by atoms with Crippen molar-refractivity contribution < 1.29 is 42.9 Å². The Morgan fingerprint density at radius 2 is 1.50 bits per heavy atom. The fourth-order valence-corrected chi connectivity index (χ4v) is 6.46. The third-order valence-electron chi connectivity index (χ3n) is 8.87. The van der Waals surface area contributed by atoms with Gasteiger partial charge in [-0.25, -0.2) is 4.79 Å². The second-order valence-electron chi connectivity index (χ2n) is 13.6. The summed E-state index contributed by atoms with van der Waals surface area (Å²) in [6, 6.07) is 1.13. The molecule has 4 N–H and O–H groups in total. The van der Waals surface area contributed by atoms with Gasteiger partial charge in [0.15, 0.2) is 17.9 Å². The topological polar surface area (TPSA) is 195 Å². The third kappa shape index (κ3) is 16.7. The molecule has 15 heteroatoms. The van der Waals surface area contributed by atoms with Crippen LogP contribution < -0.4 is 16.6 Å². The quantitative estimate of drug-likeness (QED) is 0.0495. The summed E-state index contributed by atoms with van der Waals surface area (Å²) in [6.07, 6.45) is 15.9. The van der Waals surface area contributed by atoms with Gasteiger partial charge in [0.25, 0.3) is 11.5 Å². The second kappa shape index (κ2) is 24.7. The first kappa shape index (κ1) is 43.7. The molecule has 14 nitrogen and oxygen atoms in total. The molecule has 2 heterocycles. The predicted octanol–water partition coefficient (Wildman–Crippen LogP) is 5.33. The number of hydrogen-bond acceptors (Lipinski definition) is 10. The van der Waals surface area contributed by atoms with Crippen molar-refractivity contribution in [2.24, 2.45) is 0 Å². The molecule has 5 atom stereocenters. The first-order valence-electron chi connectivity index (χ1n) is 18.5. The molecular weight excluding hydrogens is 669 g/mol. The van der Waals surface area contributed by atoms with Crippen LogP contribution in [0.25, 0.3) is 0 Å². The van der Waals surface area contributed by atoms with Gasteiger partial charge in [0, 0.05) is 36.4 Å². The van der Waals surface area contributed by atoms with Crippen LogP contribution in [0.5, 0.6) is 0 Å². The molecule has 50 heavy (non-hydrogen) atoms. The summed E-state index contributed by atoms with van der Waals surface area (Å²) >= 11 is 0. The van der Waals surface area contributed by atoms with Crippen LogP contribution in [-0.4, -0.2) is 75.1 Å². The van der Waals surface area contributed by atoms with Crippen molar-refractivity contribution in [2.75, 3.05) is 19.8 Å². The van der Waals surface area contributed by atoms with Crippen LogP contribution in [0, 0.1) is 0 Å².